The highest BCUT2D eigenvalue weighted by Crippen LogP contribution is 2.38. The predicted octanol–water partition coefficient (Wildman–Crippen LogP) is 2.26. The van der Waals surface area contributed by atoms with Crippen LogP contribution in [0.2, 0.25) is 0 Å². The van der Waals surface area contributed by atoms with E-state index in [0.717, 1.165) is 5.56 Å². The van der Waals surface area contributed by atoms with Gasteiger partial charge in [0.15, 0.2) is 11.5 Å². The molecule has 0 aliphatic rings. The Hall–Kier alpha value is -2.73. The van der Waals surface area contributed by atoms with E-state index in [1.54, 1.807) is 0 Å². The molecular weight excluding hydrogens is 272 g/mol. The van der Waals surface area contributed by atoms with Crippen LogP contribution in [0.15, 0.2) is 42.5 Å². The molecule has 0 heterocycles. The standard InChI is InChI=1S/C15H16N2O4/c1-20-12-8-7-11(15(18)19)13(17-16)14(12)21-9-10-5-3-2-4-6-10/h2-8,17H,9,16H2,1H3,(H,18,19). The zero-order chi connectivity index (χ0) is 15.2. The van der Waals surface area contributed by atoms with E-state index < -0.39 is 5.97 Å². The van der Waals surface area contributed by atoms with Crippen molar-refractivity contribution in [2.75, 3.05) is 12.5 Å². The van der Waals surface area contributed by atoms with Crippen molar-refractivity contribution in [2.45, 2.75) is 6.61 Å². The van der Waals surface area contributed by atoms with Crippen LogP contribution in [0.5, 0.6) is 11.5 Å². The number of methoxy groups -OCH3 is 1. The second-order valence-electron chi connectivity index (χ2n) is 4.24. The lowest BCUT2D eigenvalue weighted by Crippen LogP contribution is -2.14. The number of anilines is 1. The van der Waals surface area contributed by atoms with Gasteiger partial charge in [0.05, 0.1) is 12.7 Å². The minimum Gasteiger partial charge on any atom is -0.493 e. The fourth-order valence-electron chi connectivity index (χ4n) is 1.92. The Morgan fingerprint density at radius 2 is 1.95 bits per heavy atom. The van der Waals surface area contributed by atoms with Gasteiger partial charge in [0.25, 0.3) is 0 Å². The van der Waals surface area contributed by atoms with E-state index in [-0.39, 0.29) is 23.6 Å². The summed E-state index contributed by atoms with van der Waals surface area (Å²) in [6.45, 7) is 0.273. The predicted molar refractivity (Wildman–Crippen MR) is 78.5 cm³/mol. The van der Waals surface area contributed by atoms with Gasteiger partial charge in [-0.1, -0.05) is 30.3 Å². The number of hydrogen-bond acceptors (Lipinski definition) is 5. The molecule has 4 N–H and O–H groups in total. The smallest absolute Gasteiger partial charge is 0.337 e. The first-order valence-corrected chi connectivity index (χ1v) is 6.25. The number of carbonyl (C=O) groups is 1. The number of carboxylic acids is 1. The van der Waals surface area contributed by atoms with E-state index in [0.29, 0.717) is 5.75 Å². The first-order chi connectivity index (χ1) is 10.2. The summed E-state index contributed by atoms with van der Waals surface area (Å²) in [5.74, 6) is 5.00. The number of hydrazine groups is 1. The van der Waals surface area contributed by atoms with Crippen molar-refractivity contribution in [1.82, 2.24) is 0 Å². The molecule has 2 aromatic carbocycles. The number of ether oxygens (including phenoxy) is 2. The summed E-state index contributed by atoms with van der Waals surface area (Å²) in [5.41, 5.74) is 3.51. The van der Waals surface area contributed by atoms with E-state index >= 15 is 0 Å². The van der Waals surface area contributed by atoms with Crippen LogP contribution in [0, 0.1) is 0 Å². The highest BCUT2D eigenvalue weighted by molar-refractivity contribution is 5.96. The Balaban J connectivity index is 2.35. The number of nitrogens with two attached hydrogens (primary N) is 1. The fourth-order valence-corrected chi connectivity index (χ4v) is 1.92. The van der Waals surface area contributed by atoms with E-state index in [1.165, 1.54) is 19.2 Å². The lowest BCUT2D eigenvalue weighted by atomic mass is 10.1. The lowest BCUT2D eigenvalue weighted by Gasteiger charge is -2.16. The largest absolute Gasteiger partial charge is 0.493 e. The average molecular weight is 288 g/mol. The SMILES string of the molecule is COc1ccc(C(=O)O)c(NN)c1OCc1ccccc1. The van der Waals surface area contributed by atoms with Gasteiger partial charge >= 0.3 is 5.97 Å². The molecule has 0 saturated carbocycles. The molecule has 0 aliphatic heterocycles. The summed E-state index contributed by atoms with van der Waals surface area (Å²) < 4.78 is 10.9. The van der Waals surface area contributed by atoms with Crippen LogP contribution >= 0.6 is 0 Å². The molecule has 21 heavy (non-hydrogen) atoms. The van der Waals surface area contributed by atoms with Crippen LogP contribution in [0.4, 0.5) is 5.69 Å². The molecule has 0 radical (unpaired) electrons. The first-order valence-electron chi connectivity index (χ1n) is 6.25. The van der Waals surface area contributed by atoms with Crippen molar-refractivity contribution in [3.8, 4) is 11.5 Å². The van der Waals surface area contributed by atoms with Crippen molar-refractivity contribution in [1.29, 1.82) is 0 Å². The number of carboxylic acid groups (broad SMARTS) is 1. The number of nitrogens with one attached hydrogen (secondary N) is 1. The Kier molecular flexibility index (Phi) is 4.63. The first kappa shape index (κ1) is 14.7. The van der Waals surface area contributed by atoms with Crippen LogP contribution in [-0.4, -0.2) is 18.2 Å². The molecule has 6 nitrogen and oxygen atoms in total. The van der Waals surface area contributed by atoms with Gasteiger partial charge in [-0.25, -0.2) is 4.79 Å². The molecular formula is C15H16N2O4. The molecule has 0 fully saturated rings. The van der Waals surface area contributed by atoms with Crippen molar-refractivity contribution >= 4 is 11.7 Å². The maximum absolute atomic E-state index is 11.2. The van der Waals surface area contributed by atoms with Gasteiger partial charge in [-0.2, -0.15) is 0 Å². The van der Waals surface area contributed by atoms with E-state index in [4.69, 9.17) is 15.3 Å². The van der Waals surface area contributed by atoms with Gasteiger partial charge in [0.2, 0.25) is 0 Å². The molecule has 0 spiro atoms. The minimum absolute atomic E-state index is 0.0151. The number of benzene rings is 2. The average Bonchev–Trinajstić information content (AvgIpc) is 2.52. The Morgan fingerprint density at radius 1 is 1.24 bits per heavy atom. The third kappa shape index (κ3) is 3.24. The summed E-state index contributed by atoms with van der Waals surface area (Å²) in [5, 5.41) is 9.18. The molecule has 0 amide bonds. The van der Waals surface area contributed by atoms with Crippen LogP contribution in [-0.2, 0) is 6.61 Å². The molecule has 6 heteroatoms. The van der Waals surface area contributed by atoms with Crippen molar-refractivity contribution in [3.63, 3.8) is 0 Å². The molecule has 2 aromatic rings. The van der Waals surface area contributed by atoms with Crippen LogP contribution in [0.1, 0.15) is 15.9 Å². The second kappa shape index (κ2) is 6.62. The molecule has 110 valence electrons. The minimum atomic E-state index is -1.10. The molecule has 0 bridgehead atoms. The van der Waals surface area contributed by atoms with Crippen LogP contribution < -0.4 is 20.7 Å². The number of nitrogen functional groups attached to an aromatic ring is 1. The van der Waals surface area contributed by atoms with E-state index in [1.807, 2.05) is 30.3 Å². The van der Waals surface area contributed by atoms with Gasteiger partial charge in [-0.05, 0) is 17.7 Å². The van der Waals surface area contributed by atoms with Gasteiger partial charge in [-0.15, -0.1) is 0 Å². The van der Waals surface area contributed by atoms with Crippen molar-refractivity contribution in [3.05, 3.63) is 53.6 Å². The number of hydrogen-bond donors (Lipinski definition) is 3. The number of rotatable bonds is 6. The fraction of sp³-hybridized carbons (Fsp3) is 0.133. The van der Waals surface area contributed by atoms with Crippen molar-refractivity contribution < 1.29 is 19.4 Å². The third-order valence-corrected chi connectivity index (χ3v) is 2.94. The van der Waals surface area contributed by atoms with Gasteiger partial charge in [0, 0.05) is 0 Å². The lowest BCUT2D eigenvalue weighted by molar-refractivity contribution is 0.0697. The maximum Gasteiger partial charge on any atom is 0.337 e. The summed E-state index contributed by atoms with van der Waals surface area (Å²) in [6.07, 6.45) is 0. The summed E-state index contributed by atoms with van der Waals surface area (Å²) in [7, 11) is 1.48. The zero-order valence-electron chi connectivity index (χ0n) is 11.5. The van der Waals surface area contributed by atoms with Gasteiger partial charge in [0.1, 0.15) is 12.3 Å². The normalized spacial score (nSPS) is 10.0. The highest BCUT2D eigenvalue weighted by atomic mass is 16.5. The van der Waals surface area contributed by atoms with Crippen LogP contribution in [0.3, 0.4) is 0 Å². The van der Waals surface area contributed by atoms with Gasteiger partial charge < -0.3 is 20.0 Å². The highest BCUT2D eigenvalue weighted by Gasteiger charge is 2.19. The molecule has 2 rings (SSSR count). The molecule has 0 aliphatic carbocycles. The Labute approximate surface area is 122 Å². The monoisotopic (exact) mass is 288 g/mol. The van der Waals surface area contributed by atoms with Gasteiger partial charge in [-0.3, -0.25) is 5.84 Å². The molecule has 0 unspecified atom stereocenters. The van der Waals surface area contributed by atoms with E-state index in [2.05, 4.69) is 5.43 Å². The zero-order valence-corrected chi connectivity index (χ0v) is 11.5. The number of aromatic carboxylic acids is 1. The van der Waals surface area contributed by atoms with E-state index in [9.17, 15) is 9.90 Å². The Bertz CT molecular complexity index is 629. The Morgan fingerprint density at radius 3 is 2.52 bits per heavy atom. The third-order valence-electron chi connectivity index (χ3n) is 2.94. The summed E-state index contributed by atoms with van der Waals surface area (Å²) in [6, 6.07) is 12.4. The topological polar surface area (TPSA) is 93.8 Å². The second-order valence-corrected chi connectivity index (χ2v) is 4.24. The molecule has 0 aromatic heterocycles. The molecule has 0 saturated heterocycles. The quantitative estimate of drug-likeness (QED) is 0.557. The summed E-state index contributed by atoms with van der Waals surface area (Å²) in [4.78, 5) is 11.2. The summed E-state index contributed by atoms with van der Waals surface area (Å²) >= 11 is 0. The van der Waals surface area contributed by atoms with Crippen molar-refractivity contribution in [2.24, 2.45) is 5.84 Å². The molecule has 0 atom stereocenters. The van der Waals surface area contributed by atoms with Crippen LogP contribution in [0.25, 0.3) is 0 Å². The maximum atomic E-state index is 11.2.